The van der Waals surface area contributed by atoms with Gasteiger partial charge in [-0.3, -0.25) is 4.99 Å². The molecule has 2 heteroatoms. The molecule has 0 aliphatic carbocycles. The van der Waals surface area contributed by atoms with Crippen LogP contribution in [0.1, 0.15) is 6.92 Å². The van der Waals surface area contributed by atoms with Crippen LogP contribution in [-0.4, -0.2) is 12.9 Å². The van der Waals surface area contributed by atoms with E-state index in [4.69, 9.17) is 0 Å². The van der Waals surface area contributed by atoms with Crippen molar-refractivity contribution in [3.05, 3.63) is 24.9 Å². The van der Waals surface area contributed by atoms with E-state index in [1.165, 1.54) is 0 Å². The Kier molecular flexibility index (Phi) is 3.44. The van der Waals surface area contributed by atoms with Gasteiger partial charge in [0.2, 0.25) is 0 Å². The third-order valence-corrected chi connectivity index (χ3v) is 0.776. The molecule has 0 aromatic heterocycles. The molecule has 0 unspecified atom stereocenters. The largest absolute Gasteiger partial charge is 0.345 e. The van der Waals surface area contributed by atoms with E-state index in [1.807, 2.05) is 6.92 Å². The molecule has 0 bridgehead atoms. The third-order valence-electron chi connectivity index (χ3n) is 0.776. The third kappa shape index (κ3) is 3.53. The van der Waals surface area contributed by atoms with Gasteiger partial charge in [-0.2, -0.15) is 0 Å². The van der Waals surface area contributed by atoms with Gasteiger partial charge in [-0.05, 0) is 13.0 Å². The number of allylic oxidation sites excluding steroid dienone is 1. The van der Waals surface area contributed by atoms with Crippen molar-refractivity contribution in [1.29, 1.82) is 0 Å². The summed E-state index contributed by atoms with van der Waals surface area (Å²) in [5.41, 5.74) is 0.871. The van der Waals surface area contributed by atoms with Crippen LogP contribution in [0.5, 0.6) is 0 Å². The first-order chi connectivity index (χ1) is 4.20. The second-order valence-electron chi connectivity index (χ2n) is 1.72. The van der Waals surface area contributed by atoms with Crippen LogP contribution in [-0.2, 0) is 0 Å². The number of rotatable bonds is 2. The van der Waals surface area contributed by atoms with Gasteiger partial charge < -0.3 is 5.32 Å². The average Bonchev–Trinajstić information content (AvgIpc) is 1.82. The summed E-state index contributed by atoms with van der Waals surface area (Å²) in [6.45, 7) is 9.07. The molecular formula is C7H12N2. The van der Waals surface area contributed by atoms with E-state index in [1.54, 1.807) is 13.1 Å². The van der Waals surface area contributed by atoms with E-state index in [0.717, 1.165) is 11.5 Å². The van der Waals surface area contributed by atoms with E-state index in [0.29, 0.717) is 0 Å². The minimum atomic E-state index is 0.752. The van der Waals surface area contributed by atoms with Crippen LogP contribution in [0.15, 0.2) is 29.9 Å². The lowest BCUT2D eigenvalue weighted by Gasteiger charge is -2.01. The minimum absolute atomic E-state index is 0.752. The van der Waals surface area contributed by atoms with Gasteiger partial charge in [-0.25, -0.2) is 0 Å². The van der Waals surface area contributed by atoms with Crippen LogP contribution in [0, 0.1) is 0 Å². The van der Waals surface area contributed by atoms with Gasteiger partial charge in [0.15, 0.2) is 0 Å². The van der Waals surface area contributed by atoms with Gasteiger partial charge in [-0.1, -0.05) is 13.2 Å². The fourth-order valence-electron chi connectivity index (χ4n) is 0.417. The number of hydrogen-bond donors (Lipinski definition) is 1. The van der Waals surface area contributed by atoms with Gasteiger partial charge in [0.05, 0.1) is 0 Å². The van der Waals surface area contributed by atoms with E-state index >= 15 is 0 Å². The van der Waals surface area contributed by atoms with Crippen LogP contribution >= 0.6 is 0 Å². The predicted octanol–water partition coefficient (Wildman–Crippen LogP) is 1.32. The molecular weight excluding hydrogens is 112 g/mol. The van der Waals surface area contributed by atoms with Crippen molar-refractivity contribution < 1.29 is 0 Å². The molecule has 0 saturated carbocycles. The topological polar surface area (TPSA) is 24.4 Å². The maximum absolute atomic E-state index is 3.87. The van der Waals surface area contributed by atoms with Gasteiger partial charge in [0, 0.05) is 12.7 Å². The molecule has 0 heterocycles. The molecule has 0 aromatic carbocycles. The summed E-state index contributed by atoms with van der Waals surface area (Å²) in [5.74, 6) is 0.752. The highest BCUT2D eigenvalue weighted by molar-refractivity contribution is 5.93. The Morgan fingerprint density at radius 3 is 2.33 bits per heavy atom. The predicted molar refractivity (Wildman–Crippen MR) is 41.5 cm³/mol. The zero-order chi connectivity index (χ0) is 7.28. The monoisotopic (exact) mass is 124 g/mol. The molecule has 50 valence electrons. The average molecular weight is 124 g/mol. The number of nitrogens with one attached hydrogen (secondary N) is 1. The van der Waals surface area contributed by atoms with Crippen LogP contribution < -0.4 is 5.32 Å². The molecule has 9 heavy (non-hydrogen) atoms. The molecule has 1 N–H and O–H groups in total. The fraction of sp³-hybridized carbons (Fsp3) is 0.286. The normalized spacial score (nSPS) is 10.7. The molecule has 0 amide bonds. The van der Waals surface area contributed by atoms with Crippen molar-refractivity contribution >= 4 is 5.84 Å². The Bertz CT molecular complexity index is 145. The summed E-state index contributed by atoms with van der Waals surface area (Å²) in [7, 11) is 1.70. The van der Waals surface area contributed by atoms with Crippen molar-refractivity contribution in [3.63, 3.8) is 0 Å². The molecule has 0 rings (SSSR count). The molecule has 0 fully saturated rings. The van der Waals surface area contributed by atoms with Gasteiger partial charge in [0.25, 0.3) is 0 Å². The van der Waals surface area contributed by atoms with Gasteiger partial charge >= 0.3 is 0 Å². The maximum atomic E-state index is 3.87. The van der Waals surface area contributed by atoms with Crippen LogP contribution in [0.25, 0.3) is 0 Å². The van der Waals surface area contributed by atoms with Crippen LogP contribution in [0.4, 0.5) is 0 Å². The van der Waals surface area contributed by atoms with E-state index in [-0.39, 0.29) is 0 Å². The Labute approximate surface area is 56.0 Å². The highest BCUT2D eigenvalue weighted by Crippen LogP contribution is 1.80. The lowest BCUT2D eigenvalue weighted by Crippen LogP contribution is -2.17. The zero-order valence-corrected chi connectivity index (χ0v) is 5.94. The second kappa shape index (κ2) is 3.89. The Morgan fingerprint density at radius 1 is 1.67 bits per heavy atom. The Morgan fingerprint density at radius 2 is 2.22 bits per heavy atom. The van der Waals surface area contributed by atoms with Gasteiger partial charge in [0.1, 0.15) is 5.84 Å². The van der Waals surface area contributed by atoms with Crippen LogP contribution in [0.2, 0.25) is 0 Å². The molecule has 2 nitrogen and oxygen atoms in total. The van der Waals surface area contributed by atoms with E-state index in [2.05, 4.69) is 23.5 Å². The molecule has 0 atom stereocenters. The quantitative estimate of drug-likeness (QED) is 0.436. The van der Waals surface area contributed by atoms with Crippen molar-refractivity contribution in [2.75, 3.05) is 7.05 Å². The second-order valence-corrected chi connectivity index (χ2v) is 1.72. The lowest BCUT2D eigenvalue weighted by molar-refractivity contribution is 1.12. The summed E-state index contributed by atoms with van der Waals surface area (Å²) in [5, 5.41) is 2.92. The Hall–Kier alpha value is -1.05. The summed E-state index contributed by atoms with van der Waals surface area (Å²) in [6.07, 6.45) is 1.65. The fourth-order valence-corrected chi connectivity index (χ4v) is 0.417. The summed E-state index contributed by atoms with van der Waals surface area (Å²) < 4.78 is 0. The minimum Gasteiger partial charge on any atom is -0.345 e. The lowest BCUT2D eigenvalue weighted by atomic mass is 10.5. The molecule has 0 radical (unpaired) electrons. The maximum Gasteiger partial charge on any atom is 0.124 e. The highest BCUT2D eigenvalue weighted by atomic mass is 15.0. The Balaban J connectivity index is 3.86. The van der Waals surface area contributed by atoms with Gasteiger partial charge in [-0.15, -0.1) is 0 Å². The van der Waals surface area contributed by atoms with Crippen molar-refractivity contribution in [1.82, 2.24) is 5.32 Å². The molecule has 0 aromatic rings. The SMILES string of the molecule is C=CC(=NC)NC(=C)C. The first-order valence-corrected chi connectivity index (χ1v) is 2.72. The first kappa shape index (κ1) is 7.95. The molecule has 0 aliphatic rings. The van der Waals surface area contributed by atoms with Crippen molar-refractivity contribution in [2.24, 2.45) is 4.99 Å². The number of hydrogen-bond acceptors (Lipinski definition) is 1. The van der Waals surface area contributed by atoms with Crippen molar-refractivity contribution in [2.45, 2.75) is 6.92 Å². The standard InChI is InChI=1S/C7H12N2/c1-5-7(8-4)9-6(2)3/h5H,1-2H2,3-4H3,(H,8,9). The number of nitrogens with zero attached hydrogens (tertiary/aromatic N) is 1. The van der Waals surface area contributed by atoms with Crippen LogP contribution in [0.3, 0.4) is 0 Å². The summed E-state index contributed by atoms with van der Waals surface area (Å²) in [6, 6.07) is 0. The van der Waals surface area contributed by atoms with E-state index in [9.17, 15) is 0 Å². The van der Waals surface area contributed by atoms with Crippen molar-refractivity contribution in [3.8, 4) is 0 Å². The molecule has 0 saturated heterocycles. The zero-order valence-electron chi connectivity index (χ0n) is 5.94. The first-order valence-electron chi connectivity index (χ1n) is 2.72. The highest BCUT2D eigenvalue weighted by Gasteiger charge is 1.86. The number of amidine groups is 1. The summed E-state index contributed by atoms with van der Waals surface area (Å²) >= 11 is 0. The molecule has 0 aliphatic heterocycles. The molecule has 0 spiro atoms. The summed E-state index contributed by atoms with van der Waals surface area (Å²) in [4.78, 5) is 3.87. The van der Waals surface area contributed by atoms with E-state index < -0.39 is 0 Å². The smallest absolute Gasteiger partial charge is 0.124 e. The number of aliphatic imine (C=N–C) groups is 1.